The second-order valence-corrected chi connectivity index (χ2v) is 7.95. The summed E-state index contributed by atoms with van der Waals surface area (Å²) in [6.07, 6.45) is 0. The Hall–Kier alpha value is -2.37. The number of hydroxylamine groups is 1. The first kappa shape index (κ1) is 22.9. The molecule has 1 amide bonds. The van der Waals surface area contributed by atoms with E-state index < -0.39 is 22.0 Å². The largest absolute Gasteiger partial charge is 0.497 e. The van der Waals surface area contributed by atoms with Crippen molar-refractivity contribution >= 4 is 28.3 Å². The fraction of sp³-hybridized carbons (Fsp3) is 0.278. The molecule has 2 aromatic carbocycles. The number of halogens is 1. The Morgan fingerprint density at radius 1 is 1.10 bits per heavy atom. The van der Waals surface area contributed by atoms with Crippen molar-refractivity contribution in [1.82, 2.24) is 15.1 Å². The molecule has 1 unspecified atom stereocenters. The molecule has 1 atom stereocenters. The number of ether oxygens (including phenoxy) is 2. The van der Waals surface area contributed by atoms with Crippen molar-refractivity contribution in [2.45, 2.75) is 10.9 Å². The molecule has 1 heterocycles. The lowest BCUT2D eigenvalue weighted by Crippen LogP contribution is -2.59. The molecular formula is C18H22ClN3O6S. The van der Waals surface area contributed by atoms with Crippen LogP contribution >= 0.6 is 12.4 Å². The van der Waals surface area contributed by atoms with Crippen molar-refractivity contribution in [3.05, 3.63) is 48.5 Å². The molecule has 0 aromatic heterocycles. The van der Waals surface area contributed by atoms with Gasteiger partial charge in [0.25, 0.3) is 5.91 Å². The van der Waals surface area contributed by atoms with Gasteiger partial charge in [-0.1, -0.05) is 0 Å². The lowest BCUT2D eigenvalue weighted by atomic mass is 10.2. The smallest absolute Gasteiger partial charge is 0.263 e. The number of carbonyl (C=O) groups excluding carboxylic acids is 1. The second-order valence-electron chi connectivity index (χ2n) is 6.06. The highest BCUT2D eigenvalue weighted by atomic mass is 35.5. The van der Waals surface area contributed by atoms with E-state index >= 15 is 0 Å². The Bertz CT molecular complexity index is 922. The quantitative estimate of drug-likeness (QED) is 0.456. The molecule has 158 valence electrons. The third-order valence-corrected chi connectivity index (χ3v) is 6.25. The Morgan fingerprint density at radius 2 is 1.66 bits per heavy atom. The molecule has 1 saturated heterocycles. The minimum atomic E-state index is -3.92. The lowest BCUT2D eigenvalue weighted by Gasteiger charge is -2.33. The van der Waals surface area contributed by atoms with Crippen LogP contribution in [0.1, 0.15) is 0 Å². The molecule has 0 bridgehead atoms. The van der Waals surface area contributed by atoms with E-state index in [1.807, 2.05) is 0 Å². The number of amides is 1. The van der Waals surface area contributed by atoms with Crippen molar-refractivity contribution in [2.75, 3.05) is 26.7 Å². The zero-order valence-corrected chi connectivity index (χ0v) is 17.2. The summed E-state index contributed by atoms with van der Waals surface area (Å²) in [7, 11) is -2.34. The van der Waals surface area contributed by atoms with E-state index in [-0.39, 0.29) is 30.4 Å². The van der Waals surface area contributed by atoms with Crippen LogP contribution in [0.4, 0.5) is 0 Å². The van der Waals surface area contributed by atoms with Crippen molar-refractivity contribution < 1.29 is 27.9 Å². The molecule has 3 rings (SSSR count). The molecule has 1 fully saturated rings. The first-order valence-corrected chi connectivity index (χ1v) is 9.98. The van der Waals surface area contributed by atoms with Crippen LogP contribution < -0.4 is 20.3 Å². The van der Waals surface area contributed by atoms with Gasteiger partial charge in [-0.05, 0) is 48.5 Å². The molecule has 0 saturated carbocycles. The van der Waals surface area contributed by atoms with Crippen LogP contribution in [0.2, 0.25) is 0 Å². The van der Waals surface area contributed by atoms with E-state index in [1.165, 1.54) is 17.6 Å². The van der Waals surface area contributed by atoms with Gasteiger partial charge in [0.1, 0.15) is 23.3 Å². The van der Waals surface area contributed by atoms with Crippen LogP contribution in [0, 0.1) is 0 Å². The summed E-state index contributed by atoms with van der Waals surface area (Å²) in [5.74, 6) is 0.966. The molecule has 0 radical (unpaired) electrons. The third-order valence-electron chi connectivity index (χ3n) is 4.33. The average Bonchev–Trinajstić information content (AvgIpc) is 2.74. The van der Waals surface area contributed by atoms with Gasteiger partial charge in [-0.2, -0.15) is 4.31 Å². The summed E-state index contributed by atoms with van der Waals surface area (Å²) in [6.45, 7) is 0.641. The number of nitrogens with zero attached hydrogens (tertiary/aromatic N) is 1. The summed E-state index contributed by atoms with van der Waals surface area (Å²) in [5, 5.41) is 11.8. The fourth-order valence-corrected chi connectivity index (χ4v) is 4.45. The number of hydrogen-bond acceptors (Lipinski definition) is 7. The number of hydrogen-bond donors (Lipinski definition) is 3. The van der Waals surface area contributed by atoms with E-state index in [0.29, 0.717) is 23.8 Å². The van der Waals surface area contributed by atoms with Crippen molar-refractivity contribution in [3.8, 4) is 17.2 Å². The van der Waals surface area contributed by atoms with Gasteiger partial charge >= 0.3 is 0 Å². The molecule has 1 aliphatic heterocycles. The summed E-state index contributed by atoms with van der Waals surface area (Å²) < 4.78 is 37.7. The highest BCUT2D eigenvalue weighted by molar-refractivity contribution is 7.89. The minimum Gasteiger partial charge on any atom is -0.497 e. The first-order valence-electron chi connectivity index (χ1n) is 8.54. The normalized spacial score (nSPS) is 17.1. The molecule has 3 N–H and O–H groups in total. The zero-order valence-electron chi connectivity index (χ0n) is 15.6. The van der Waals surface area contributed by atoms with Gasteiger partial charge in [-0.25, -0.2) is 13.9 Å². The van der Waals surface area contributed by atoms with E-state index in [2.05, 4.69) is 5.32 Å². The maximum atomic E-state index is 12.9. The molecule has 11 heteroatoms. The maximum absolute atomic E-state index is 12.9. The molecule has 0 spiro atoms. The van der Waals surface area contributed by atoms with Crippen LogP contribution in [0.5, 0.6) is 17.2 Å². The predicted molar refractivity (Wildman–Crippen MR) is 107 cm³/mol. The summed E-state index contributed by atoms with van der Waals surface area (Å²) in [5.41, 5.74) is 1.52. The van der Waals surface area contributed by atoms with Crippen molar-refractivity contribution in [1.29, 1.82) is 0 Å². The highest BCUT2D eigenvalue weighted by Crippen LogP contribution is 2.26. The van der Waals surface area contributed by atoms with Crippen LogP contribution in [0.3, 0.4) is 0 Å². The topological polar surface area (TPSA) is 117 Å². The van der Waals surface area contributed by atoms with E-state index in [9.17, 15) is 13.2 Å². The average molecular weight is 444 g/mol. The fourth-order valence-electron chi connectivity index (χ4n) is 2.87. The zero-order chi connectivity index (χ0) is 20.1. The first-order chi connectivity index (χ1) is 13.5. The Labute approximate surface area is 175 Å². The number of piperazine rings is 1. The summed E-state index contributed by atoms with van der Waals surface area (Å²) in [4.78, 5) is 11.9. The molecule has 1 aliphatic rings. The van der Waals surface area contributed by atoms with Gasteiger partial charge in [-0.15, -0.1) is 12.4 Å². The lowest BCUT2D eigenvalue weighted by molar-refractivity contribution is -0.133. The Morgan fingerprint density at radius 3 is 2.21 bits per heavy atom. The molecule has 0 aliphatic carbocycles. The molecule has 2 aromatic rings. The van der Waals surface area contributed by atoms with Gasteiger partial charge in [0.2, 0.25) is 10.0 Å². The third kappa shape index (κ3) is 5.17. The maximum Gasteiger partial charge on any atom is 0.263 e. The van der Waals surface area contributed by atoms with Crippen LogP contribution in [0.25, 0.3) is 0 Å². The predicted octanol–water partition coefficient (Wildman–Crippen LogP) is 1.38. The number of sulfonamides is 1. The summed E-state index contributed by atoms with van der Waals surface area (Å²) >= 11 is 0. The van der Waals surface area contributed by atoms with Crippen molar-refractivity contribution in [2.24, 2.45) is 0 Å². The van der Waals surface area contributed by atoms with Crippen LogP contribution in [-0.4, -0.2) is 56.6 Å². The highest BCUT2D eigenvalue weighted by Gasteiger charge is 2.37. The summed E-state index contributed by atoms with van der Waals surface area (Å²) in [6, 6.07) is 11.9. The number of methoxy groups -OCH3 is 1. The number of carbonyl (C=O) groups is 1. The number of nitrogens with one attached hydrogen (secondary N) is 2. The van der Waals surface area contributed by atoms with E-state index in [4.69, 9.17) is 14.7 Å². The van der Waals surface area contributed by atoms with Crippen molar-refractivity contribution in [3.63, 3.8) is 0 Å². The standard InChI is InChI=1S/C18H21N3O6S.ClH/c1-26-13-2-4-14(5-3-13)27-15-6-8-16(9-7-15)28(24,25)21-11-10-19-12-17(21)18(22)20-23;/h2-9,17,19,23H,10-12H2,1H3,(H,20,22);1H. The van der Waals surface area contributed by atoms with Gasteiger partial charge in [0.05, 0.1) is 12.0 Å². The van der Waals surface area contributed by atoms with Crippen LogP contribution in [-0.2, 0) is 14.8 Å². The van der Waals surface area contributed by atoms with Gasteiger partial charge < -0.3 is 14.8 Å². The SMILES string of the molecule is COc1ccc(Oc2ccc(S(=O)(=O)N3CCNCC3C(=O)NO)cc2)cc1.Cl. The molecular weight excluding hydrogens is 422 g/mol. The second kappa shape index (κ2) is 9.90. The number of rotatable bonds is 6. The Kier molecular flexibility index (Phi) is 7.82. The Balaban J connectivity index is 0.00000300. The minimum absolute atomic E-state index is 0. The van der Waals surface area contributed by atoms with Gasteiger partial charge in [0, 0.05) is 19.6 Å². The molecule has 9 nitrogen and oxygen atoms in total. The van der Waals surface area contributed by atoms with Gasteiger partial charge in [0.15, 0.2) is 0 Å². The van der Waals surface area contributed by atoms with E-state index in [0.717, 1.165) is 4.31 Å². The van der Waals surface area contributed by atoms with Gasteiger partial charge in [-0.3, -0.25) is 10.0 Å². The van der Waals surface area contributed by atoms with E-state index in [1.54, 1.807) is 43.5 Å². The van der Waals surface area contributed by atoms with Crippen LogP contribution in [0.15, 0.2) is 53.4 Å². The number of benzene rings is 2. The monoisotopic (exact) mass is 443 g/mol. The molecule has 29 heavy (non-hydrogen) atoms.